The molecule has 0 spiro atoms. The summed E-state index contributed by atoms with van der Waals surface area (Å²) in [5, 5.41) is 4.25. The molecule has 0 heterocycles. The van der Waals surface area contributed by atoms with Gasteiger partial charge in [0.2, 0.25) is 0 Å². The second-order valence-electron chi connectivity index (χ2n) is 4.73. The molecule has 0 radical (unpaired) electrons. The molecule has 1 N–H and O–H groups in total. The molecule has 2 heteroatoms. The summed E-state index contributed by atoms with van der Waals surface area (Å²) in [7, 11) is 0. The fourth-order valence-corrected chi connectivity index (χ4v) is 3.34. The zero-order chi connectivity index (χ0) is 13.2. The third-order valence-electron chi connectivity index (χ3n) is 3.18. The predicted molar refractivity (Wildman–Crippen MR) is 84.3 cm³/mol. The second-order valence-corrected chi connectivity index (χ2v) is 6.21. The summed E-state index contributed by atoms with van der Waals surface area (Å²) in [5.74, 6) is 1.28. The van der Waals surface area contributed by atoms with Crippen molar-refractivity contribution in [3.05, 3.63) is 35.9 Å². The molecule has 1 nitrogen and oxygen atoms in total. The van der Waals surface area contributed by atoms with E-state index in [1.165, 1.54) is 30.6 Å². The molecule has 0 amide bonds. The van der Waals surface area contributed by atoms with Gasteiger partial charge in [-0.05, 0) is 24.3 Å². The molecule has 0 aliphatic rings. The number of hydrogen-bond donors (Lipinski definition) is 1. The van der Waals surface area contributed by atoms with Crippen molar-refractivity contribution >= 4 is 11.8 Å². The summed E-state index contributed by atoms with van der Waals surface area (Å²) in [6.45, 7) is 7.82. The fourth-order valence-electron chi connectivity index (χ4n) is 2.15. The van der Waals surface area contributed by atoms with Gasteiger partial charge in [0.25, 0.3) is 0 Å². The van der Waals surface area contributed by atoms with Crippen LogP contribution in [0, 0.1) is 0 Å². The molecule has 0 saturated heterocycles. The SMILES string of the molecule is CCCCCSC(C)C(NCC)c1ccccc1. The Bertz CT molecular complexity index is 299. The Hall–Kier alpha value is -0.470. The summed E-state index contributed by atoms with van der Waals surface area (Å²) in [6, 6.07) is 11.3. The Morgan fingerprint density at radius 1 is 1.11 bits per heavy atom. The number of benzene rings is 1. The van der Waals surface area contributed by atoms with Crippen molar-refractivity contribution in [3.63, 3.8) is 0 Å². The largest absolute Gasteiger partial charge is 0.309 e. The average Bonchev–Trinajstić information content (AvgIpc) is 2.41. The van der Waals surface area contributed by atoms with Gasteiger partial charge in [-0.1, -0.05) is 63.9 Å². The van der Waals surface area contributed by atoms with Crippen molar-refractivity contribution in [2.24, 2.45) is 0 Å². The van der Waals surface area contributed by atoms with E-state index in [-0.39, 0.29) is 0 Å². The average molecular weight is 265 g/mol. The lowest BCUT2D eigenvalue weighted by Gasteiger charge is -2.25. The highest BCUT2D eigenvalue weighted by Crippen LogP contribution is 2.27. The number of thioether (sulfide) groups is 1. The van der Waals surface area contributed by atoms with Crippen molar-refractivity contribution < 1.29 is 0 Å². The molecule has 1 aromatic rings. The number of rotatable bonds is 9. The summed E-state index contributed by atoms with van der Waals surface area (Å²) in [5.41, 5.74) is 1.41. The smallest absolute Gasteiger partial charge is 0.0437 e. The molecule has 0 saturated carbocycles. The van der Waals surface area contributed by atoms with Gasteiger partial charge < -0.3 is 5.32 Å². The molecular weight excluding hydrogens is 238 g/mol. The van der Waals surface area contributed by atoms with Crippen LogP contribution in [-0.2, 0) is 0 Å². The van der Waals surface area contributed by atoms with Crippen molar-refractivity contribution in [2.75, 3.05) is 12.3 Å². The molecule has 0 bridgehead atoms. The Labute approximate surface area is 117 Å². The van der Waals surface area contributed by atoms with Crippen LogP contribution < -0.4 is 5.32 Å². The summed E-state index contributed by atoms with van der Waals surface area (Å²) >= 11 is 2.10. The molecule has 18 heavy (non-hydrogen) atoms. The Morgan fingerprint density at radius 2 is 1.83 bits per heavy atom. The molecule has 2 atom stereocenters. The first-order valence-electron chi connectivity index (χ1n) is 7.19. The predicted octanol–water partition coefficient (Wildman–Crippen LogP) is 4.65. The molecule has 102 valence electrons. The van der Waals surface area contributed by atoms with Gasteiger partial charge in [-0.3, -0.25) is 0 Å². The topological polar surface area (TPSA) is 12.0 Å². The van der Waals surface area contributed by atoms with Gasteiger partial charge in [-0.15, -0.1) is 0 Å². The highest BCUT2D eigenvalue weighted by Gasteiger charge is 2.17. The highest BCUT2D eigenvalue weighted by atomic mass is 32.2. The van der Waals surface area contributed by atoms with Gasteiger partial charge in [-0.25, -0.2) is 0 Å². The van der Waals surface area contributed by atoms with Crippen molar-refractivity contribution in [1.29, 1.82) is 0 Å². The van der Waals surface area contributed by atoms with Crippen molar-refractivity contribution in [3.8, 4) is 0 Å². The van der Waals surface area contributed by atoms with E-state index in [2.05, 4.69) is 68.2 Å². The molecule has 0 aromatic heterocycles. The standard InChI is InChI=1S/C16H27NS/c1-4-6-10-13-18-14(3)16(17-5-2)15-11-8-7-9-12-15/h7-9,11-12,14,16-17H,4-6,10,13H2,1-3H3. The van der Waals surface area contributed by atoms with Gasteiger partial charge in [0.1, 0.15) is 0 Å². The van der Waals surface area contributed by atoms with Crippen LogP contribution in [0.3, 0.4) is 0 Å². The van der Waals surface area contributed by atoms with E-state index >= 15 is 0 Å². The van der Waals surface area contributed by atoms with Crippen LogP contribution in [0.15, 0.2) is 30.3 Å². The number of hydrogen-bond acceptors (Lipinski definition) is 2. The molecule has 0 fully saturated rings. The number of nitrogens with one attached hydrogen (secondary N) is 1. The molecular formula is C16H27NS. The van der Waals surface area contributed by atoms with Crippen LogP contribution in [0.1, 0.15) is 51.6 Å². The zero-order valence-corrected chi connectivity index (χ0v) is 12.8. The molecule has 0 aliphatic heterocycles. The monoisotopic (exact) mass is 265 g/mol. The van der Waals surface area contributed by atoms with Crippen LogP contribution in [0.4, 0.5) is 0 Å². The zero-order valence-electron chi connectivity index (χ0n) is 12.0. The van der Waals surface area contributed by atoms with E-state index < -0.39 is 0 Å². The first-order chi connectivity index (χ1) is 8.79. The lowest BCUT2D eigenvalue weighted by Crippen LogP contribution is -2.28. The quantitative estimate of drug-likeness (QED) is 0.652. The first kappa shape index (κ1) is 15.6. The highest BCUT2D eigenvalue weighted by molar-refractivity contribution is 7.99. The maximum Gasteiger partial charge on any atom is 0.0437 e. The van der Waals surface area contributed by atoms with E-state index in [0.717, 1.165) is 6.54 Å². The maximum absolute atomic E-state index is 3.62. The van der Waals surface area contributed by atoms with E-state index in [0.29, 0.717) is 11.3 Å². The van der Waals surface area contributed by atoms with Gasteiger partial charge in [0.05, 0.1) is 0 Å². The Balaban J connectivity index is 2.50. The number of unbranched alkanes of at least 4 members (excludes halogenated alkanes) is 2. The van der Waals surface area contributed by atoms with E-state index in [4.69, 9.17) is 0 Å². The lowest BCUT2D eigenvalue weighted by molar-refractivity contribution is 0.547. The van der Waals surface area contributed by atoms with E-state index in [1.54, 1.807) is 0 Å². The van der Waals surface area contributed by atoms with Crippen LogP contribution in [-0.4, -0.2) is 17.5 Å². The lowest BCUT2D eigenvalue weighted by atomic mass is 10.0. The minimum absolute atomic E-state index is 0.475. The van der Waals surface area contributed by atoms with E-state index in [1.807, 2.05) is 0 Å². The van der Waals surface area contributed by atoms with Gasteiger partial charge in [0, 0.05) is 11.3 Å². The van der Waals surface area contributed by atoms with E-state index in [9.17, 15) is 0 Å². The van der Waals surface area contributed by atoms with Gasteiger partial charge >= 0.3 is 0 Å². The minimum Gasteiger partial charge on any atom is -0.309 e. The van der Waals surface area contributed by atoms with Crippen LogP contribution in [0.2, 0.25) is 0 Å². The maximum atomic E-state index is 3.62. The van der Waals surface area contributed by atoms with Crippen molar-refractivity contribution in [2.45, 2.75) is 51.3 Å². The molecule has 1 aromatic carbocycles. The Morgan fingerprint density at radius 3 is 2.44 bits per heavy atom. The van der Waals surface area contributed by atoms with Gasteiger partial charge in [-0.2, -0.15) is 11.8 Å². The van der Waals surface area contributed by atoms with Crippen molar-refractivity contribution in [1.82, 2.24) is 5.32 Å². The summed E-state index contributed by atoms with van der Waals surface area (Å²) < 4.78 is 0. The van der Waals surface area contributed by atoms with Gasteiger partial charge in [0.15, 0.2) is 0 Å². The Kier molecular flexibility index (Phi) is 8.19. The summed E-state index contributed by atoms with van der Waals surface area (Å²) in [4.78, 5) is 0. The summed E-state index contributed by atoms with van der Waals surface area (Å²) in [6.07, 6.45) is 4.01. The van der Waals surface area contributed by atoms with Crippen LogP contribution in [0.25, 0.3) is 0 Å². The normalized spacial score (nSPS) is 14.4. The first-order valence-corrected chi connectivity index (χ1v) is 8.24. The third kappa shape index (κ3) is 5.45. The van der Waals surface area contributed by atoms with Crippen LogP contribution in [0.5, 0.6) is 0 Å². The third-order valence-corrected chi connectivity index (χ3v) is 4.50. The molecule has 2 unspecified atom stereocenters. The van der Waals surface area contributed by atoms with Crippen LogP contribution >= 0.6 is 11.8 Å². The second kappa shape index (κ2) is 9.46. The minimum atomic E-state index is 0.475. The molecule has 1 rings (SSSR count). The fraction of sp³-hybridized carbons (Fsp3) is 0.625. The molecule has 0 aliphatic carbocycles.